The molecule has 7 nitrogen and oxygen atoms in total. The number of aliphatic imine (C=N–C) groups is 1. The van der Waals surface area contributed by atoms with Gasteiger partial charge in [-0.15, -0.1) is 24.0 Å². The normalized spacial score (nSPS) is 12.6. The highest BCUT2D eigenvalue weighted by Crippen LogP contribution is 2.25. The van der Waals surface area contributed by atoms with Crippen LogP contribution < -0.4 is 15.4 Å². The highest BCUT2D eigenvalue weighted by molar-refractivity contribution is 14.0. The molecule has 1 aromatic carbocycles. The third-order valence-electron chi connectivity index (χ3n) is 4.77. The van der Waals surface area contributed by atoms with Crippen molar-refractivity contribution in [2.24, 2.45) is 4.99 Å². The molecule has 4 rings (SSSR count). The number of ether oxygens (including phenoxy) is 1. The molecule has 0 amide bonds. The van der Waals surface area contributed by atoms with Crippen LogP contribution in [0.15, 0.2) is 60.0 Å². The topological polar surface area (TPSA) is 76.4 Å². The van der Waals surface area contributed by atoms with Gasteiger partial charge in [0, 0.05) is 38.1 Å². The van der Waals surface area contributed by atoms with Crippen molar-refractivity contribution in [1.29, 1.82) is 0 Å². The van der Waals surface area contributed by atoms with Crippen LogP contribution in [0.4, 0.5) is 0 Å². The second-order valence-electron chi connectivity index (χ2n) is 6.89. The summed E-state index contributed by atoms with van der Waals surface area (Å²) >= 11 is 0. The minimum absolute atomic E-state index is 0. The molecule has 3 heterocycles. The SMILES string of the molecule is CCNC(=NCc1ccnc(-n2cccn2)c1)NCCc1ccc2c(c1)CCO2.I. The highest BCUT2D eigenvalue weighted by atomic mass is 127. The van der Waals surface area contributed by atoms with Crippen molar-refractivity contribution in [1.82, 2.24) is 25.4 Å². The first-order valence-corrected chi connectivity index (χ1v) is 10.0. The second kappa shape index (κ2) is 11.0. The number of hydrogen-bond acceptors (Lipinski definition) is 4. The summed E-state index contributed by atoms with van der Waals surface area (Å²) < 4.78 is 7.33. The third-order valence-corrected chi connectivity index (χ3v) is 4.77. The number of nitrogens with one attached hydrogen (secondary N) is 2. The van der Waals surface area contributed by atoms with E-state index in [4.69, 9.17) is 9.73 Å². The molecule has 0 fully saturated rings. The Bertz CT molecular complexity index is 974. The summed E-state index contributed by atoms with van der Waals surface area (Å²) in [6.45, 7) is 5.07. The van der Waals surface area contributed by atoms with E-state index < -0.39 is 0 Å². The van der Waals surface area contributed by atoms with E-state index in [1.54, 1.807) is 17.1 Å². The standard InChI is InChI=1S/C22H26N6O.HI/c1-2-23-22(25-11-6-17-4-5-20-19(14-17)8-13-29-20)26-16-18-7-10-24-21(15-18)28-12-3-9-27-28;/h3-5,7,9-10,12,14-15H,2,6,8,11,13,16H2,1H3,(H2,23,25,26);1H. The molecule has 1 aliphatic heterocycles. The zero-order valence-corrected chi connectivity index (χ0v) is 19.4. The summed E-state index contributed by atoms with van der Waals surface area (Å²) in [5.74, 6) is 2.64. The molecule has 30 heavy (non-hydrogen) atoms. The summed E-state index contributed by atoms with van der Waals surface area (Å²) in [4.78, 5) is 9.08. The molecule has 0 bridgehead atoms. The number of nitrogens with zero attached hydrogens (tertiary/aromatic N) is 4. The van der Waals surface area contributed by atoms with Crippen molar-refractivity contribution in [2.75, 3.05) is 19.7 Å². The van der Waals surface area contributed by atoms with Gasteiger partial charge in [0.15, 0.2) is 11.8 Å². The lowest BCUT2D eigenvalue weighted by Gasteiger charge is -2.12. The molecule has 0 atom stereocenters. The first-order chi connectivity index (χ1) is 14.3. The number of benzene rings is 1. The number of pyridine rings is 1. The molecule has 2 aromatic heterocycles. The number of hydrogen-bond donors (Lipinski definition) is 2. The molecule has 0 spiro atoms. The summed E-state index contributed by atoms with van der Waals surface area (Å²) in [7, 11) is 0. The van der Waals surface area contributed by atoms with E-state index in [0.717, 1.165) is 55.6 Å². The number of aromatic nitrogens is 3. The van der Waals surface area contributed by atoms with E-state index in [-0.39, 0.29) is 24.0 Å². The minimum Gasteiger partial charge on any atom is -0.493 e. The average Bonchev–Trinajstić information content (AvgIpc) is 3.44. The molecule has 8 heteroatoms. The summed E-state index contributed by atoms with van der Waals surface area (Å²) in [6, 6.07) is 12.3. The van der Waals surface area contributed by atoms with Crippen LogP contribution in [0.25, 0.3) is 5.82 Å². The lowest BCUT2D eigenvalue weighted by molar-refractivity contribution is 0.357. The molecular formula is C22H27IN6O. The van der Waals surface area contributed by atoms with Crippen LogP contribution in [-0.4, -0.2) is 40.4 Å². The van der Waals surface area contributed by atoms with Crippen molar-refractivity contribution in [2.45, 2.75) is 26.3 Å². The van der Waals surface area contributed by atoms with Gasteiger partial charge in [0.1, 0.15) is 5.75 Å². The van der Waals surface area contributed by atoms with Gasteiger partial charge in [-0.25, -0.2) is 14.7 Å². The first kappa shape index (κ1) is 22.1. The van der Waals surface area contributed by atoms with Crippen LogP contribution in [-0.2, 0) is 19.4 Å². The maximum Gasteiger partial charge on any atom is 0.191 e. The van der Waals surface area contributed by atoms with E-state index in [1.165, 1.54) is 11.1 Å². The van der Waals surface area contributed by atoms with Crippen molar-refractivity contribution >= 4 is 29.9 Å². The fraction of sp³-hybridized carbons (Fsp3) is 0.318. The number of rotatable bonds is 7. The van der Waals surface area contributed by atoms with Crippen molar-refractivity contribution in [3.8, 4) is 11.6 Å². The molecule has 0 unspecified atom stereocenters. The van der Waals surface area contributed by atoms with E-state index in [1.807, 2.05) is 24.4 Å². The Morgan fingerprint density at radius 2 is 2.10 bits per heavy atom. The third kappa shape index (κ3) is 5.71. The average molecular weight is 518 g/mol. The van der Waals surface area contributed by atoms with Crippen LogP contribution >= 0.6 is 24.0 Å². The number of fused-ring (bicyclic) bond motifs is 1. The van der Waals surface area contributed by atoms with Crippen LogP contribution in [0, 0.1) is 0 Å². The number of halogens is 1. The Labute approximate surface area is 194 Å². The Hall–Kier alpha value is -2.62. The van der Waals surface area contributed by atoms with Gasteiger partial charge >= 0.3 is 0 Å². The molecule has 0 saturated heterocycles. The number of guanidine groups is 1. The fourth-order valence-corrected chi connectivity index (χ4v) is 3.32. The molecule has 3 aromatic rings. The summed E-state index contributed by atoms with van der Waals surface area (Å²) in [5, 5.41) is 11.0. The van der Waals surface area contributed by atoms with Gasteiger partial charge in [-0.2, -0.15) is 5.10 Å². The highest BCUT2D eigenvalue weighted by Gasteiger charge is 2.11. The largest absolute Gasteiger partial charge is 0.493 e. The quantitative estimate of drug-likeness (QED) is 0.286. The van der Waals surface area contributed by atoms with Crippen LogP contribution in [0.1, 0.15) is 23.6 Å². The van der Waals surface area contributed by atoms with Crippen LogP contribution in [0.3, 0.4) is 0 Å². The zero-order chi connectivity index (χ0) is 19.9. The van der Waals surface area contributed by atoms with Crippen molar-refractivity contribution in [3.63, 3.8) is 0 Å². The van der Waals surface area contributed by atoms with Gasteiger partial charge in [-0.05, 0) is 54.3 Å². The van der Waals surface area contributed by atoms with Gasteiger partial charge in [0.05, 0.1) is 13.2 Å². The Morgan fingerprint density at radius 3 is 2.93 bits per heavy atom. The maximum absolute atomic E-state index is 5.58. The van der Waals surface area contributed by atoms with Gasteiger partial charge in [-0.1, -0.05) is 12.1 Å². The van der Waals surface area contributed by atoms with Gasteiger partial charge in [0.25, 0.3) is 0 Å². The van der Waals surface area contributed by atoms with E-state index in [2.05, 4.69) is 45.8 Å². The Morgan fingerprint density at radius 1 is 1.17 bits per heavy atom. The van der Waals surface area contributed by atoms with Gasteiger partial charge in [-0.3, -0.25) is 0 Å². The van der Waals surface area contributed by atoms with Gasteiger partial charge in [0.2, 0.25) is 0 Å². The van der Waals surface area contributed by atoms with E-state index in [0.29, 0.717) is 6.54 Å². The molecule has 1 aliphatic rings. The minimum atomic E-state index is 0. The first-order valence-electron chi connectivity index (χ1n) is 10.0. The second-order valence-corrected chi connectivity index (χ2v) is 6.89. The van der Waals surface area contributed by atoms with Crippen LogP contribution in [0.2, 0.25) is 0 Å². The summed E-state index contributed by atoms with van der Waals surface area (Å²) in [6.07, 6.45) is 7.36. The fourth-order valence-electron chi connectivity index (χ4n) is 3.32. The molecule has 2 N–H and O–H groups in total. The van der Waals surface area contributed by atoms with Crippen molar-refractivity contribution in [3.05, 3.63) is 71.7 Å². The lowest BCUT2D eigenvalue weighted by Crippen LogP contribution is -2.38. The molecule has 0 radical (unpaired) electrons. The predicted octanol–water partition coefficient (Wildman–Crippen LogP) is 3.12. The smallest absolute Gasteiger partial charge is 0.191 e. The monoisotopic (exact) mass is 518 g/mol. The van der Waals surface area contributed by atoms with Crippen LogP contribution in [0.5, 0.6) is 5.75 Å². The lowest BCUT2D eigenvalue weighted by atomic mass is 10.1. The predicted molar refractivity (Wildman–Crippen MR) is 129 cm³/mol. The van der Waals surface area contributed by atoms with Gasteiger partial charge < -0.3 is 15.4 Å². The molecular weight excluding hydrogens is 491 g/mol. The zero-order valence-electron chi connectivity index (χ0n) is 17.0. The Balaban J connectivity index is 0.00000256. The molecule has 158 valence electrons. The molecule has 0 saturated carbocycles. The maximum atomic E-state index is 5.58. The summed E-state index contributed by atoms with van der Waals surface area (Å²) in [5.41, 5.74) is 3.71. The van der Waals surface area contributed by atoms with Crippen molar-refractivity contribution < 1.29 is 4.74 Å². The Kier molecular flexibility index (Phi) is 8.06. The molecule has 0 aliphatic carbocycles. The van der Waals surface area contributed by atoms with E-state index >= 15 is 0 Å². The van der Waals surface area contributed by atoms with E-state index in [9.17, 15) is 0 Å².